The van der Waals surface area contributed by atoms with Crippen molar-refractivity contribution in [2.45, 2.75) is 37.0 Å². The molecule has 0 amide bonds. The molecular weight excluding hydrogens is 391 g/mol. The number of nitrogens with zero attached hydrogens (tertiary/aromatic N) is 5. The van der Waals surface area contributed by atoms with Crippen LogP contribution >= 0.6 is 11.8 Å². The highest BCUT2D eigenvalue weighted by atomic mass is 32.2. The Labute approximate surface area is 167 Å². The van der Waals surface area contributed by atoms with Crippen LogP contribution in [0, 0.1) is 11.8 Å². The standard InChI is InChI=1S/C18H26F3N5OS/c1-12-11-22-26(8-9-27-2)16(12)13-4-6-25(7-5-13)17-23-14(18(19,20)21)10-15(24-17)28-3/h10-13,16H,4-9H2,1-3H3. The van der Waals surface area contributed by atoms with Gasteiger partial charge in [0.25, 0.3) is 0 Å². The molecule has 1 aromatic heterocycles. The van der Waals surface area contributed by atoms with E-state index in [0.717, 1.165) is 25.5 Å². The van der Waals surface area contributed by atoms with Gasteiger partial charge in [0.2, 0.25) is 5.95 Å². The van der Waals surface area contributed by atoms with Gasteiger partial charge in [-0.25, -0.2) is 9.97 Å². The van der Waals surface area contributed by atoms with E-state index >= 15 is 0 Å². The molecule has 1 fully saturated rings. The number of ether oxygens (including phenoxy) is 1. The predicted molar refractivity (Wildman–Crippen MR) is 104 cm³/mol. The molecule has 2 aliphatic heterocycles. The predicted octanol–water partition coefficient (Wildman–Crippen LogP) is 3.39. The van der Waals surface area contributed by atoms with Crippen LogP contribution in [0.3, 0.4) is 0 Å². The minimum Gasteiger partial charge on any atom is -0.383 e. The van der Waals surface area contributed by atoms with E-state index in [9.17, 15) is 13.2 Å². The summed E-state index contributed by atoms with van der Waals surface area (Å²) in [6.45, 7) is 4.81. The third kappa shape index (κ3) is 4.71. The summed E-state index contributed by atoms with van der Waals surface area (Å²) in [7, 11) is 1.68. The lowest BCUT2D eigenvalue weighted by molar-refractivity contribution is -0.141. The van der Waals surface area contributed by atoms with Gasteiger partial charge in [-0.15, -0.1) is 11.8 Å². The van der Waals surface area contributed by atoms with E-state index in [-0.39, 0.29) is 5.95 Å². The first kappa shape index (κ1) is 21.2. The number of hydrogen-bond donors (Lipinski definition) is 0. The lowest BCUT2D eigenvalue weighted by Crippen LogP contribution is -2.45. The minimum atomic E-state index is -4.47. The van der Waals surface area contributed by atoms with Crippen molar-refractivity contribution < 1.29 is 17.9 Å². The van der Waals surface area contributed by atoms with E-state index in [1.54, 1.807) is 13.4 Å². The third-order valence-electron chi connectivity index (χ3n) is 5.35. The number of alkyl halides is 3. The van der Waals surface area contributed by atoms with Crippen molar-refractivity contribution in [1.82, 2.24) is 15.0 Å². The molecule has 2 aliphatic rings. The summed E-state index contributed by atoms with van der Waals surface area (Å²) in [5, 5.41) is 6.95. The zero-order chi connectivity index (χ0) is 20.3. The first-order chi connectivity index (χ1) is 13.3. The van der Waals surface area contributed by atoms with Gasteiger partial charge in [-0.05, 0) is 25.0 Å². The van der Waals surface area contributed by atoms with Crippen LogP contribution in [0.5, 0.6) is 0 Å². The molecule has 2 unspecified atom stereocenters. The van der Waals surface area contributed by atoms with Gasteiger partial charge in [-0.2, -0.15) is 18.3 Å². The number of hydrogen-bond acceptors (Lipinski definition) is 7. The Hall–Kier alpha value is -1.55. The second-order valence-corrected chi connectivity index (χ2v) is 8.01. The van der Waals surface area contributed by atoms with Crippen LogP contribution < -0.4 is 4.90 Å². The molecule has 156 valence electrons. The van der Waals surface area contributed by atoms with Gasteiger partial charge in [0.1, 0.15) is 5.03 Å². The van der Waals surface area contributed by atoms with Crippen LogP contribution in [0.25, 0.3) is 0 Å². The summed E-state index contributed by atoms with van der Waals surface area (Å²) in [5.41, 5.74) is -0.882. The molecule has 0 spiro atoms. The van der Waals surface area contributed by atoms with Gasteiger partial charge in [-0.3, -0.25) is 5.01 Å². The third-order valence-corrected chi connectivity index (χ3v) is 5.98. The summed E-state index contributed by atoms with van der Waals surface area (Å²) < 4.78 is 44.6. The minimum absolute atomic E-state index is 0.171. The molecular formula is C18H26F3N5OS. The highest BCUT2D eigenvalue weighted by Gasteiger charge is 2.38. The van der Waals surface area contributed by atoms with Gasteiger partial charge < -0.3 is 9.64 Å². The highest BCUT2D eigenvalue weighted by molar-refractivity contribution is 7.98. The van der Waals surface area contributed by atoms with Crippen molar-refractivity contribution in [1.29, 1.82) is 0 Å². The molecule has 0 saturated carbocycles. The van der Waals surface area contributed by atoms with Crippen LogP contribution in [0.1, 0.15) is 25.5 Å². The van der Waals surface area contributed by atoms with Crippen molar-refractivity contribution in [2.75, 3.05) is 44.5 Å². The van der Waals surface area contributed by atoms with Crippen molar-refractivity contribution in [2.24, 2.45) is 16.9 Å². The fraction of sp³-hybridized carbons (Fsp3) is 0.722. The Bertz CT molecular complexity index is 694. The second kappa shape index (κ2) is 8.86. The zero-order valence-electron chi connectivity index (χ0n) is 16.3. The van der Waals surface area contributed by atoms with Gasteiger partial charge in [0.05, 0.1) is 19.2 Å². The molecule has 28 heavy (non-hydrogen) atoms. The molecule has 1 saturated heterocycles. The summed E-state index contributed by atoms with van der Waals surface area (Å²) in [4.78, 5) is 9.97. The fourth-order valence-electron chi connectivity index (χ4n) is 3.94. The Morgan fingerprint density at radius 2 is 1.96 bits per heavy atom. The number of thioether (sulfide) groups is 1. The first-order valence-electron chi connectivity index (χ1n) is 9.38. The van der Waals surface area contributed by atoms with E-state index in [0.29, 0.717) is 42.6 Å². The molecule has 3 rings (SSSR count). The maximum absolute atomic E-state index is 13.2. The van der Waals surface area contributed by atoms with Crippen LogP contribution in [0.15, 0.2) is 16.2 Å². The monoisotopic (exact) mass is 417 g/mol. The molecule has 0 N–H and O–H groups in total. The molecule has 3 heterocycles. The SMILES string of the molecule is COCCN1N=CC(C)C1C1CCN(c2nc(SC)cc(C(F)(F)F)n2)CC1. The quantitative estimate of drug-likeness (QED) is 0.523. The van der Waals surface area contributed by atoms with Gasteiger partial charge in [-0.1, -0.05) is 6.92 Å². The average molecular weight is 418 g/mol. The maximum atomic E-state index is 13.2. The lowest BCUT2D eigenvalue weighted by atomic mass is 9.83. The molecule has 2 atom stereocenters. The average Bonchev–Trinajstić information content (AvgIpc) is 3.05. The Kier molecular flexibility index (Phi) is 6.69. The Morgan fingerprint density at radius 3 is 2.57 bits per heavy atom. The second-order valence-electron chi connectivity index (χ2n) is 7.19. The van der Waals surface area contributed by atoms with Gasteiger partial charge in [0, 0.05) is 38.4 Å². The Balaban J connectivity index is 1.68. The van der Waals surface area contributed by atoms with Crippen molar-refractivity contribution in [3.8, 4) is 0 Å². The zero-order valence-corrected chi connectivity index (χ0v) is 17.1. The number of piperidine rings is 1. The van der Waals surface area contributed by atoms with Crippen molar-refractivity contribution >= 4 is 23.9 Å². The number of anilines is 1. The summed E-state index contributed by atoms with van der Waals surface area (Å²) in [6.07, 6.45) is 0.965. The van der Waals surface area contributed by atoms with Crippen LogP contribution in [-0.2, 0) is 10.9 Å². The van der Waals surface area contributed by atoms with Crippen LogP contribution in [-0.4, -0.2) is 66.8 Å². The first-order valence-corrected chi connectivity index (χ1v) is 10.6. The van der Waals surface area contributed by atoms with Crippen LogP contribution in [0.4, 0.5) is 19.1 Å². The van der Waals surface area contributed by atoms with Crippen molar-refractivity contribution in [3.63, 3.8) is 0 Å². The molecule has 6 nitrogen and oxygen atoms in total. The molecule has 0 radical (unpaired) electrons. The molecule has 0 bridgehead atoms. The van der Waals surface area contributed by atoms with Gasteiger partial charge >= 0.3 is 6.18 Å². The summed E-state index contributed by atoms with van der Waals surface area (Å²) in [5.74, 6) is 0.947. The topological polar surface area (TPSA) is 53.9 Å². The van der Waals surface area contributed by atoms with Crippen molar-refractivity contribution in [3.05, 3.63) is 11.8 Å². The molecule has 1 aromatic rings. The molecule has 0 aromatic carbocycles. The number of hydrazone groups is 1. The normalized spacial score (nSPS) is 23.6. The van der Waals surface area contributed by atoms with E-state index in [1.807, 2.05) is 11.1 Å². The number of methoxy groups -OCH3 is 1. The molecule has 10 heteroatoms. The Morgan fingerprint density at radius 1 is 1.25 bits per heavy atom. The maximum Gasteiger partial charge on any atom is 0.433 e. The van der Waals surface area contributed by atoms with Gasteiger partial charge in [0.15, 0.2) is 5.69 Å². The summed E-state index contributed by atoms with van der Waals surface area (Å²) >= 11 is 1.19. The van der Waals surface area contributed by atoms with E-state index in [2.05, 4.69) is 27.0 Å². The molecule has 0 aliphatic carbocycles. The fourth-order valence-corrected chi connectivity index (χ4v) is 4.34. The smallest absolute Gasteiger partial charge is 0.383 e. The number of aromatic nitrogens is 2. The van der Waals surface area contributed by atoms with E-state index < -0.39 is 11.9 Å². The summed E-state index contributed by atoms with van der Waals surface area (Å²) in [6, 6.07) is 1.31. The van der Waals surface area contributed by atoms with Crippen LogP contribution in [0.2, 0.25) is 0 Å². The number of halogens is 3. The van der Waals surface area contributed by atoms with E-state index in [1.165, 1.54) is 11.8 Å². The largest absolute Gasteiger partial charge is 0.433 e. The lowest BCUT2D eigenvalue weighted by Gasteiger charge is -2.39. The van der Waals surface area contributed by atoms with E-state index in [4.69, 9.17) is 4.74 Å². The highest BCUT2D eigenvalue weighted by Crippen LogP contribution is 2.34. The number of rotatable bonds is 6.